The predicted molar refractivity (Wildman–Crippen MR) is 49.8 cm³/mol. The van der Waals surface area contributed by atoms with Crippen LogP contribution in [0.5, 0.6) is 0 Å². The van der Waals surface area contributed by atoms with Crippen LogP contribution in [-0.4, -0.2) is 6.61 Å². The monoisotopic (exact) mass is 165 g/mol. The molecule has 0 fully saturated rings. The fourth-order valence-electron chi connectivity index (χ4n) is 1.25. The number of rotatable bonds is 3. The molecule has 0 amide bonds. The highest BCUT2D eigenvalue weighted by Gasteiger charge is 1.99. The maximum absolute atomic E-state index is 4.96. The Morgan fingerprint density at radius 1 is 1.33 bits per heavy atom. The van der Waals surface area contributed by atoms with Gasteiger partial charge in [-0.25, -0.2) is 5.90 Å². The smallest absolute Gasteiger partial charge is 0.0719 e. The van der Waals surface area contributed by atoms with Crippen LogP contribution in [-0.2, 0) is 11.3 Å². The van der Waals surface area contributed by atoms with Crippen molar-refractivity contribution in [3.63, 3.8) is 0 Å². The summed E-state index contributed by atoms with van der Waals surface area (Å²) in [5, 5.41) is 0. The van der Waals surface area contributed by atoms with Gasteiger partial charge in [-0.05, 0) is 37.0 Å². The molecule has 0 unspecified atom stereocenters. The maximum atomic E-state index is 4.96. The van der Waals surface area contributed by atoms with Gasteiger partial charge in [-0.3, -0.25) is 0 Å². The Labute approximate surface area is 73.3 Å². The molecule has 2 N–H and O–H groups in total. The zero-order chi connectivity index (χ0) is 8.97. The van der Waals surface area contributed by atoms with E-state index in [1.54, 1.807) is 0 Å². The zero-order valence-corrected chi connectivity index (χ0v) is 7.63. The Kier molecular flexibility index (Phi) is 3.26. The van der Waals surface area contributed by atoms with E-state index < -0.39 is 0 Å². The molecule has 0 spiro atoms. The third kappa shape index (κ3) is 2.06. The van der Waals surface area contributed by atoms with Crippen LogP contribution in [0.25, 0.3) is 0 Å². The molecule has 2 nitrogen and oxygen atoms in total. The van der Waals surface area contributed by atoms with Crippen LogP contribution >= 0.6 is 0 Å². The molecule has 0 radical (unpaired) electrons. The Morgan fingerprint density at radius 3 is 2.75 bits per heavy atom. The van der Waals surface area contributed by atoms with Crippen LogP contribution in [0.3, 0.4) is 0 Å². The first-order valence-corrected chi connectivity index (χ1v) is 4.12. The van der Waals surface area contributed by atoms with E-state index in [2.05, 4.69) is 36.9 Å². The Morgan fingerprint density at radius 2 is 2.08 bits per heavy atom. The first-order valence-electron chi connectivity index (χ1n) is 4.12. The highest BCUT2D eigenvalue weighted by molar-refractivity contribution is 5.33. The summed E-state index contributed by atoms with van der Waals surface area (Å²) >= 11 is 0. The lowest BCUT2D eigenvalue weighted by Crippen LogP contribution is -2.05. The Hall–Kier alpha value is -0.860. The molecule has 0 aromatic heterocycles. The van der Waals surface area contributed by atoms with E-state index in [0.717, 1.165) is 6.42 Å². The van der Waals surface area contributed by atoms with Gasteiger partial charge in [0.25, 0.3) is 0 Å². The second-order valence-electron chi connectivity index (χ2n) is 2.98. The third-order valence-electron chi connectivity index (χ3n) is 2.21. The molecule has 12 heavy (non-hydrogen) atoms. The molecule has 0 saturated heterocycles. The molecular weight excluding hydrogens is 150 g/mol. The van der Waals surface area contributed by atoms with Gasteiger partial charge in [-0.1, -0.05) is 18.2 Å². The molecule has 0 atom stereocenters. The predicted octanol–water partition coefficient (Wildman–Crippen LogP) is 1.74. The SMILES string of the molecule is Cc1cccc(CCON)c1C. The van der Waals surface area contributed by atoms with Crippen LogP contribution < -0.4 is 5.90 Å². The average Bonchev–Trinajstić information content (AvgIpc) is 2.08. The van der Waals surface area contributed by atoms with Gasteiger partial charge in [0.1, 0.15) is 0 Å². The molecule has 0 bridgehead atoms. The minimum atomic E-state index is 0.588. The molecule has 1 aromatic carbocycles. The molecule has 0 aliphatic carbocycles. The van der Waals surface area contributed by atoms with E-state index in [9.17, 15) is 0 Å². The Bertz CT molecular complexity index is 258. The molecule has 66 valence electrons. The fraction of sp³-hybridized carbons (Fsp3) is 0.400. The lowest BCUT2D eigenvalue weighted by Gasteiger charge is -2.06. The second kappa shape index (κ2) is 4.24. The lowest BCUT2D eigenvalue weighted by atomic mass is 10.0. The average molecular weight is 165 g/mol. The van der Waals surface area contributed by atoms with Crippen LogP contribution in [0.2, 0.25) is 0 Å². The lowest BCUT2D eigenvalue weighted by molar-refractivity contribution is 0.141. The molecular formula is C10H15NO. The zero-order valence-electron chi connectivity index (χ0n) is 7.63. The van der Waals surface area contributed by atoms with Crippen LogP contribution in [0.1, 0.15) is 16.7 Å². The van der Waals surface area contributed by atoms with Crippen molar-refractivity contribution in [3.05, 3.63) is 34.9 Å². The summed E-state index contributed by atoms with van der Waals surface area (Å²) in [5.74, 6) is 4.96. The number of hydrogen-bond acceptors (Lipinski definition) is 2. The minimum Gasteiger partial charge on any atom is -0.304 e. The van der Waals surface area contributed by atoms with Crippen LogP contribution in [0.4, 0.5) is 0 Å². The van der Waals surface area contributed by atoms with E-state index in [1.807, 2.05) is 0 Å². The number of benzene rings is 1. The highest BCUT2D eigenvalue weighted by Crippen LogP contribution is 2.12. The molecule has 2 heteroatoms. The topological polar surface area (TPSA) is 35.2 Å². The fourth-order valence-corrected chi connectivity index (χ4v) is 1.25. The second-order valence-corrected chi connectivity index (χ2v) is 2.98. The standard InChI is InChI=1S/C10H15NO/c1-8-4-3-5-10(9(8)2)6-7-12-11/h3-5H,6-7,11H2,1-2H3. The van der Waals surface area contributed by atoms with E-state index in [1.165, 1.54) is 16.7 Å². The number of hydrogen-bond donors (Lipinski definition) is 1. The number of aryl methyl sites for hydroxylation is 1. The van der Waals surface area contributed by atoms with Crippen molar-refractivity contribution in [2.24, 2.45) is 5.90 Å². The number of nitrogens with two attached hydrogens (primary N) is 1. The summed E-state index contributed by atoms with van der Waals surface area (Å²) < 4.78 is 0. The largest absolute Gasteiger partial charge is 0.304 e. The summed E-state index contributed by atoms with van der Waals surface area (Å²) in [6.07, 6.45) is 0.893. The van der Waals surface area contributed by atoms with Crippen molar-refractivity contribution in [2.75, 3.05) is 6.61 Å². The van der Waals surface area contributed by atoms with Gasteiger partial charge in [-0.2, -0.15) is 0 Å². The summed E-state index contributed by atoms with van der Waals surface area (Å²) in [4.78, 5) is 4.54. The summed E-state index contributed by atoms with van der Waals surface area (Å²) in [6.45, 7) is 4.83. The van der Waals surface area contributed by atoms with E-state index in [4.69, 9.17) is 5.90 Å². The van der Waals surface area contributed by atoms with E-state index >= 15 is 0 Å². The summed E-state index contributed by atoms with van der Waals surface area (Å²) in [7, 11) is 0. The van der Waals surface area contributed by atoms with E-state index in [-0.39, 0.29) is 0 Å². The van der Waals surface area contributed by atoms with Crippen molar-refractivity contribution < 1.29 is 4.84 Å². The van der Waals surface area contributed by atoms with Crippen molar-refractivity contribution >= 4 is 0 Å². The first kappa shape index (κ1) is 9.23. The van der Waals surface area contributed by atoms with Gasteiger partial charge in [0.15, 0.2) is 0 Å². The normalized spacial score (nSPS) is 10.2. The van der Waals surface area contributed by atoms with Gasteiger partial charge in [0.2, 0.25) is 0 Å². The van der Waals surface area contributed by atoms with Crippen LogP contribution in [0, 0.1) is 13.8 Å². The minimum absolute atomic E-state index is 0.588. The van der Waals surface area contributed by atoms with Crippen LogP contribution in [0.15, 0.2) is 18.2 Å². The summed E-state index contributed by atoms with van der Waals surface area (Å²) in [5.41, 5.74) is 3.99. The maximum Gasteiger partial charge on any atom is 0.0719 e. The van der Waals surface area contributed by atoms with Gasteiger partial charge in [0.05, 0.1) is 6.61 Å². The van der Waals surface area contributed by atoms with Crippen molar-refractivity contribution in [1.82, 2.24) is 0 Å². The molecule has 1 aromatic rings. The molecule has 0 saturated carbocycles. The van der Waals surface area contributed by atoms with Gasteiger partial charge >= 0.3 is 0 Å². The first-order chi connectivity index (χ1) is 5.75. The van der Waals surface area contributed by atoms with Crippen molar-refractivity contribution in [3.8, 4) is 0 Å². The molecule has 0 aliphatic heterocycles. The third-order valence-corrected chi connectivity index (χ3v) is 2.21. The molecule has 0 heterocycles. The van der Waals surface area contributed by atoms with Crippen molar-refractivity contribution in [1.29, 1.82) is 0 Å². The summed E-state index contributed by atoms with van der Waals surface area (Å²) in [6, 6.07) is 6.29. The van der Waals surface area contributed by atoms with Gasteiger partial charge < -0.3 is 4.84 Å². The Balaban J connectivity index is 2.78. The van der Waals surface area contributed by atoms with E-state index in [0.29, 0.717) is 6.61 Å². The van der Waals surface area contributed by atoms with Gasteiger partial charge in [-0.15, -0.1) is 0 Å². The quantitative estimate of drug-likeness (QED) is 0.692. The highest BCUT2D eigenvalue weighted by atomic mass is 16.6. The molecule has 1 rings (SSSR count). The van der Waals surface area contributed by atoms with Crippen molar-refractivity contribution in [2.45, 2.75) is 20.3 Å². The van der Waals surface area contributed by atoms with Gasteiger partial charge in [0, 0.05) is 0 Å². The molecule has 0 aliphatic rings.